The molecule has 154 valence electrons. The fourth-order valence-corrected chi connectivity index (χ4v) is 6.33. The minimum absolute atomic E-state index is 0.0334. The van der Waals surface area contributed by atoms with E-state index in [0.29, 0.717) is 6.42 Å². The van der Waals surface area contributed by atoms with Gasteiger partial charge in [0.15, 0.2) is 11.5 Å². The number of fused-ring (bicyclic) bond motifs is 1. The fraction of sp³-hybridized carbons (Fsp3) is 0.100. The summed E-state index contributed by atoms with van der Waals surface area (Å²) in [5.74, 6) is -0.977. The summed E-state index contributed by atoms with van der Waals surface area (Å²) >= 11 is 6.91. The second kappa shape index (κ2) is 8.10. The van der Waals surface area contributed by atoms with Crippen molar-refractivity contribution < 1.29 is 18.3 Å². The molecular weight excluding hydrogens is 446 g/mol. The van der Waals surface area contributed by atoms with Crippen molar-refractivity contribution in [2.45, 2.75) is 11.3 Å². The number of carbonyl (C=O) groups excluding carboxylic acids is 1. The lowest BCUT2D eigenvalue weighted by atomic mass is 10.1. The summed E-state index contributed by atoms with van der Waals surface area (Å²) in [6.45, 7) is -0.0334. The highest BCUT2D eigenvalue weighted by molar-refractivity contribution is 7.89. The Labute approximate surface area is 182 Å². The third-order valence-electron chi connectivity index (χ3n) is 4.49. The van der Waals surface area contributed by atoms with Gasteiger partial charge >= 0.3 is 0 Å². The van der Waals surface area contributed by atoms with Crippen LogP contribution in [-0.2, 0) is 21.2 Å². The second-order valence-electron chi connectivity index (χ2n) is 6.42. The molecule has 1 aromatic carbocycles. The lowest BCUT2D eigenvalue weighted by molar-refractivity contribution is -0.113. The van der Waals surface area contributed by atoms with E-state index in [2.05, 4.69) is 10.3 Å². The van der Waals surface area contributed by atoms with Crippen molar-refractivity contribution in [3.8, 4) is 0 Å². The van der Waals surface area contributed by atoms with Gasteiger partial charge in [-0.3, -0.25) is 9.10 Å². The fourth-order valence-electron chi connectivity index (χ4n) is 3.11. The number of aliphatic hydroxyl groups is 1. The maximum Gasteiger partial charge on any atom is 0.278 e. The molecule has 4 rings (SSSR count). The van der Waals surface area contributed by atoms with E-state index in [1.165, 1.54) is 12.3 Å². The summed E-state index contributed by atoms with van der Waals surface area (Å²) in [7, 11) is -4.09. The Hall–Kier alpha value is -2.88. The van der Waals surface area contributed by atoms with Crippen LogP contribution in [0.1, 0.15) is 10.4 Å². The smallest absolute Gasteiger partial charge is 0.278 e. The van der Waals surface area contributed by atoms with E-state index in [9.17, 15) is 18.3 Å². The zero-order valence-electron chi connectivity index (χ0n) is 15.4. The number of anilines is 1. The lowest BCUT2D eigenvalue weighted by Crippen LogP contribution is -2.40. The van der Waals surface area contributed by atoms with Crippen LogP contribution >= 0.6 is 22.9 Å². The molecule has 0 saturated carbocycles. The Morgan fingerprint density at radius 1 is 1.17 bits per heavy atom. The molecule has 2 aromatic heterocycles. The summed E-state index contributed by atoms with van der Waals surface area (Å²) in [5.41, 5.74) is 0.536. The molecule has 30 heavy (non-hydrogen) atoms. The molecule has 1 aliphatic rings. The number of hydrogen-bond acceptors (Lipinski definition) is 6. The van der Waals surface area contributed by atoms with E-state index < -0.39 is 21.7 Å². The molecule has 0 radical (unpaired) electrons. The van der Waals surface area contributed by atoms with Gasteiger partial charge in [-0.05, 0) is 30.2 Å². The van der Waals surface area contributed by atoms with Crippen molar-refractivity contribution in [3.05, 3.63) is 81.3 Å². The number of hydrogen-bond donors (Lipinski definition) is 2. The highest BCUT2D eigenvalue weighted by Gasteiger charge is 2.41. The van der Waals surface area contributed by atoms with Crippen LogP contribution in [0, 0.1) is 0 Å². The molecule has 2 N–H and O–H groups in total. The highest BCUT2D eigenvalue weighted by atomic mass is 35.5. The molecule has 7 nitrogen and oxygen atoms in total. The molecule has 3 heterocycles. The highest BCUT2D eigenvalue weighted by Crippen LogP contribution is 2.42. The van der Waals surface area contributed by atoms with Gasteiger partial charge in [-0.1, -0.05) is 48.0 Å². The molecule has 0 fully saturated rings. The van der Waals surface area contributed by atoms with Crippen molar-refractivity contribution in [1.82, 2.24) is 9.29 Å². The number of sulfonamides is 1. The predicted octanol–water partition coefficient (Wildman–Crippen LogP) is 3.91. The number of thiophene rings is 1. The number of carbonyl (C=O) groups is 1. The van der Waals surface area contributed by atoms with E-state index in [1.807, 2.05) is 30.3 Å². The number of aromatic nitrogens is 1. The van der Waals surface area contributed by atoms with E-state index in [4.69, 9.17) is 11.6 Å². The minimum Gasteiger partial charge on any atom is -0.504 e. The molecule has 0 atom stereocenters. The zero-order valence-corrected chi connectivity index (χ0v) is 17.8. The third kappa shape index (κ3) is 3.79. The Kier molecular flexibility index (Phi) is 5.50. The van der Waals surface area contributed by atoms with E-state index in [-0.39, 0.29) is 32.2 Å². The van der Waals surface area contributed by atoms with Gasteiger partial charge in [-0.25, -0.2) is 13.4 Å². The summed E-state index contributed by atoms with van der Waals surface area (Å²) in [6.07, 6.45) is 1.84. The first-order valence-corrected chi connectivity index (χ1v) is 11.5. The van der Waals surface area contributed by atoms with E-state index in [0.717, 1.165) is 21.2 Å². The van der Waals surface area contributed by atoms with Gasteiger partial charge < -0.3 is 10.4 Å². The molecule has 1 aliphatic heterocycles. The molecular formula is C20H16ClN3O4S2. The van der Waals surface area contributed by atoms with E-state index >= 15 is 0 Å². The average molecular weight is 462 g/mol. The van der Waals surface area contributed by atoms with Gasteiger partial charge in [0.25, 0.3) is 15.9 Å². The minimum atomic E-state index is -4.09. The maximum absolute atomic E-state index is 13.3. The van der Waals surface area contributed by atoms with Crippen molar-refractivity contribution in [1.29, 1.82) is 0 Å². The number of benzene rings is 1. The average Bonchev–Trinajstić information content (AvgIpc) is 3.14. The first-order valence-electron chi connectivity index (χ1n) is 8.90. The number of nitrogens with one attached hydrogen (secondary N) is 1. The van der Waals surface area contributed by atoms with Crippen molar-refractivity contribution in [2.75, 3.05) is 11.9 Å². The van der Waals surface area contributed by atoms with Gasteiger partial charge in [0.1, 0.15) is 10.7 Å². The lowest BCUT2D eigenvalue weighted by Gasteiger charge is -2.30. The van der Waals surface area contributed by atoms with Crippen LogP contribution in [0.25, 0.3) is 5.76 Å². The molecule has 0 saturated heterocycles. The largest absolute Gasteiger partial charge is 0.504 e. The summed E-state index contributed by atoms with van der Waals surface area (Å²) < 4.78 is 27.7. The van der Waals surface area contributed by atoms with Crippen molar-refractivity contribution >= 4 is 50.4 Å². The first-order chi connectivity index (χ1) is 14.4. The first kappa shape index (κ1) is 20.4. The van der Waals surface area contributed by atoms with Gasteiger partial charge in [0.2, 0.25) is 0 Å². The maximum atomic E-state index is 13.3. The van der Waals surface area contributed by atoms with Crippen LogP contribution in [0.15, 0.2) is 71.4 Å². The van der Waals surface area contributed by atoms with Gasteiger partial charge in [0.05, 0.1) is 9.21 Å². The number of amides is 1. The monoisotopic (exact) mass is 461 g/mol. The SMILES string of the molecule is O=C(Nc1ccccn1)C1=C(O)c2sc(Cl)cc2S(=O)(=O)N1CCc1ccccc1. The van der Waals surface area contributed by atoms with Crippen LogP contribution < -0.4 is 5.32 Å². The molecule has 0 aliphatic carbocycles. The van der Waals surface area contributed by atoms with Crippen LogP contribution in [-0.4, -0.2) is 35.3 Å². The number of rotatable bonds is 5. The standard InChI is InChI=1S/C20H16ClN3O4S2/c21-15-12-14-19(29-15)18(25)17(20(26)23-16-8-4-5-10-22-16)24(30(14,27)28)11-9-13-6-2-1-3-7-13/h1-8,10,12,25H,9,11H2,(H,22,23,26). The van der Waals surface area contributed by atoms with Crippen molar-refractivity contribution in [3.63, 3.8) is 0 Å². The van der Waals surface area contributed by atoms with Crippen molar-refractivity contribution in [2.24, 2.45) is 0 Å². The van der Waals surface area contributed by atoms with Gasteiger partial charge in [0, 0.05) is 12.7 Å². The van der Waals surface area contributed by atoms with Crippen LogP contribution in [0.4, 0.5) is 5.82 Å². The Morgan fingerprint density at radius 3 is 2.60 bits per heavy atom. The normalized spacial score (nSPS) is 15.0. The van der Waals surface area contributed by atoms with Crippen LogP contribution in [0.2, 0.25) is 4.34 Å². The van der Waals surface area contributed by atoms with Crippen LogP contribution in [0.3, 0.4) is 0 Å². The summed E-state index contributed by atoms with van der Waals surface area (Å²) in [4.78, 5) is 17.0. The van der Waals surface area contributed by atoms with Gasteiger partial charge in [-0.2, -0.15) is 0 Å². The number of nitrogens with zero attached hydrogens (tertiary/aromatic N) is 2. The van der Waals surface area contributed by atoms with E-state index in [1.54, 1.807) is 18.2 Å². The summed E-state index contributed by atoms with van der Waals surface area (Å²) in [6, 6.07) is 15.5. The molecule has 3 aromatic rings. The third-order valence-corrected chi connectivity index (χ3v) is 7.72. The van der Waals surface area contributed by atoms with Crippen LogP contribution in [0.5, 0.6) is 0 Å². The second-order valence-corrected chi connectivity index (χ2v) is 9.94. The Bertz CT molecular complexity index is 1230. The Balaban J connectivity index is 1.76. The molecule has 1 amide bonds. The predicted molar refractivity (Wildman–Crippen MR) is 116 cm³/mol. The quantitative estimate of drug-likeness (QED) is 0.600. The molecule has 0 spiro atoms. The molecule has 0 bridgehead atoms. The summed E-state index contributed by atoms with van der Waals surface area (Å²) in [5, 5.41) is 13.4. The molecule has 0 unspecified atom stereocenters. The number of pyridine rings is 1. The zero-order chi connectivity index (χ0) is 21.3. The Morgan fingerprint density at radius 2 is 1.90 bits per heavy atom. The number of aliphatic hydroxyl groups excluding tert-OH is 1. The molecule has 10 heteroatoms. The topological polar surface area (TPSA) is 99.6 Å². The van der Waals surface area contributed by atoms with Gasteiger partial charge in [-0.15, -0.1) is 11.3 Å². The number of halogens is 1.